The van der Waals surface area contributed by atoms with Gasteiger partial charge in [-0.05, 0) is 31.5 Å². The lowest BCUT2D eigenvalue weighted by molar-refractivity contribution is 0.415. The second kappa shape index (κ2) is 5.88. The minimum Gasteiger partial charge on any atom is -0.495 e. The third kappa shape index (κ3) is 2.44. The summed E-state index contributed by atoms with van der Waals surface area (Å²) in [4.78, 5) is 1.96. The van der Waals surface area contributed by atoms with Crippen molar-refractivity contribution in [1.29, 1.82) is 0 Å². The van der Waals surface area contributed by atoms with Crippen LogP contribution in [0.25, 0.3) is 0 Å². The van der Waals surface area contributed by atoms with E-state index < -0.39 is 0 Å². The Hall–Kier alpha value is -2.14. The van der Waals surface area contributed by atoms with Crippen molar-refractivity contribution in [1.82, 2.24) is 10.2 Å². The predicted octanol–water partition coefficient (Wildman–Crippen LogP) is 2.33. The molecule has 2 N–H and O–H groups in total. The van der Waals surface area contributed by atoms with Crippen LogP contribution in [0, 0.1) is 13.8 Å². The zero-order valence-corrected chi connectivity index (χ0v) is 12.3. The van der Waals surface area contributed by atoms with E-state index in [1.165, 1.54) is 0 Å². The maximum absolute atomic E-state index is 5.88. The third-order valence-corrected chi connectivity index (χ3v) is 3.53. The monoisotopic (exact) mass is 272 g/mol. The summed E-state index contributed by atoms with van der Waals surface area (Å²) in [5.41, 5.74) is 9.81. The smallest absolute Gasteiger partial charge is 0.160 e. The van der Waals surface area contributed by atoms with Gasteiger partial charge in [-0.15, -0.1) is 5.10 Å². The molecule has 1 aromatic heterocycles. The Bertz CT molecular complexity index is 613. The lowest BCUT2D eigenvalue weighted by Gasteiger charge is -2.23. The first-order chi connectivity index (χ1) is 9.60. The summed E-state index contributed by atoms with van der Waals surface area (Å²) >= 11 is 0. The van der Waals surface area contributed by atoms with Gasteiger partial charge in [0.2, 0.25) is 0 Å². The van der Waals surface area contributed by atoms with Gasteiger partial charge < -0.3 is 15.4 Å². The molecule has 0 atom stereocenters. The number of rotatable bonds is 4. The van der Waals surface area contributed by atoms with Gasteiger partial charge in [0.1, 0.15) is 5.75 Å². The highest BCUT2D eigenvalue weighted by Crippen LogP contribution is 2.33. The number of anilines is 2. The molecule has 0 saturated carbocycles. The molecule has 1 heterocycles. The summed E-state index contributed by atoms with van der Waals surface area (Å²) in [6.07, 6.45) is 0. The van der Waals surface area contributed by atoms with Gasteiger partial charge in [0, 0.05) is 19.2 Å². The Morgan fingerprint density at radius 2 is 1.90 bits per heavy atom. The summed E-state index contributed by atoms with van der Waals surface area (Å²) in [6.45, 7) is 4.39. The van der Waals surface area contributed by atoms with Crippen LogP contribution in [0.5, 0.6) is 5.75 Å². The standard InChI is InChI=1S/C15H20N4O/c1-10-11(2)17-18-15(12(10)9-16)19(3)13-7-5-6-8-14(13)20-4/h5-8H,9,16H2,1-4H3. The fourth-order valence-electron chi connectivity index (χ4n) is 2.18. The molecule has 0 radical (unpaired) electrons. The first-order valence-corrected chi connectivity index (χ1v) is 6.49. The lowest BCUT2D eigenvalue weighted by Crippen LogP contribution is -2.18. The van der Waals surface area contributed by atoms with Crippen molar-refractivity contribution in [2.75, 3.05) is 19.1 Å². The molecule has 0 bridgehead atoms. The minimum absolute atomic E-state index is 0.428. The number of benzene rings is 1. The van der Waals surface area contributed by atoms with Crippen LogP contribution in [0.3, 0.4) is 0 Å². The fourth-order valence-corrected chi connectivity index (χ4v) is 2.18. The van der Waals surface area contributed by atoms with Crippen molar-refractivity contribution >= 4 is 11.5 Å². The van der Waals surface area contributed by atoms with Crippen LogP contribution in [0.1, 0.15) is 16.8 Å². The summed E-state index contributed by atoms with van der Waals surface area (Å²) in [6, 6.07) is 7.80. The maximum Gasteiger partial charge on any atom is 0.160 e. The molecule has 0 unspecified atom stereocenters. The molecule has 0 aliphatic heterocycles. The van der Waals surface area contributed by atoms with E-state index >= 15 is 0 Å². The van der Waals surface area contributed by atoms with E-state index in [2.05, 4.69) is 10.2 Å². The van der Waals surface area contributed by atoms with Crippen LogP contribution in [0.15, 0.2) is 24.3 Å². The van der Waals surface area contributed by atoms with Crippen molar-refractivity contribution in [2.24, 2.45) is 5.73 Å². The normalized spacial score (nSPS) is 10.4. The van der Waals surface area contributed by atoms with Gasteiger partial charge in [-0.3, -0.25) is 0 Å². The van der Waals surface area contributed by atoms with Gasteiger partial charge >= 0.3 is 0 Å². The SMILES string of the molecule is COc1ccccc1N(C)c1nnc(C)c(C)c1CN. The van der Waals surface area contributed by atoms with Gasteiger partial charge in [0.15, 0.2) is 5.82 Å². The Balaban J connectivity index is 2.53. The lowest BCUT2D eigenvalue weighted by atomic mass is 10.1. The topological polar surface area (TPSA) is 64.3 Å². The van der Waals surface area contributed by atoms with Crippen LogP contribution in [-0.2, 0) is 6.54 Å². The molecule has 0 aliphatic carbocycles. The van der Waals surface area contributed by atoms with E-state index in [1.54, 1.807) is 7.11 Å². The fraction of sp³-hybridized carbons (Fsp3) is 0.333. The molecule has 2 aromatic rings. The Morgan fingerprint density at radius 3 is 2.55 bits per heavy atom. The highest BCUT2D eigenvalue weighted by Gasteiger charge is 2.17. The number of hydrogen-bond donors (Lipinski definition) is 1. The second-order valence-electron chi connectivity index (χ2n) is 4.65. The van der Waals surface area contributed by atoms with Crippen molar-refractivity contribution in [3.63, 3.8) is 0 Å². The molecule has 0 amide bonds. The molecular formula is C15H20N4O. The number of hydrogen-bond acceptors (Lipinski definition) is 5. The van der Waals surface area contributed by atoms with E-state index in [9.17, 15) is 0 Å². The van der Waals surface area contributed by atoms with Gasteiger partial charge in [-0.1, -0.05) is 12.1 Å². The summed E-state index contributed by atoms with van der Waals surface area (Å²) in [5.74, 6) is 1.55. The van der Waals surface area contributed by atoms with E-state index in [0.717, 1.165) is 34.1 Å². The van der Waals surface area contributed by atoms with Gasteiger partial charge in [0.25, 0.3) is 0 Å². The Kier molecular flexibility index (Phi) is 4.20. The number of ether oxygens (including phenoxy) is 1. The van der Waals surface area contributed by atoms with Crippen molar-refractivity contribution in [3.05, 3.63) is 41.1 Å². The predicted molar refractivity (Wildman–Crippen MR) is 80.5 cm³/mol. The van der Waals surface area contributed by atoms with Gasteiger partial charge in [0.05, 0.1) is 18.5 Å². The maximum atomic E-state index is 5.88. The largest absolute Gasteiger partial charge is 0.495 e. The number of para-hydroxylation sites is 2. The average Bonchev–Trinajstić information content (AvgIpc) is 2.49. The van der Waals surface area contributed by atoms with Crippen LogP contribution < -0.4 is 15.4 Å². The van der Waals surface area contributed by atoms with E-state index in [0.29, 0.717) is 6.54 Å². The van der Waals surface area contributed by atoms with Crippen molar-refractivity contribution < 1.29 is 4.74 Å². The summed E-state index contributed by atoms with van der Waals surface area (Å²) < 4.78 is 5.39. The molecule has 0 fully saturated rings. The third-order valence-electron chi connectivity index (χ3n) is 3.53. The molecule has 1 aromatic carbocycles. The second-order valence-corrected chi connectivity index (χ2v) is 4.65. The number of nitrogens with two attached hydrogens (primary N) is 1. The Morgan fingerprint density at radius 1 is 1.20 bits per heavy atom. The number of methoxy groups -OCH3 is 1. The quantitative estimate of drug-likeness (QED) is 0.925. The van der Waals surface area contributed by atoms with Crippen LogP contribution in [0.4, 0.5) is 11.5 Å². The van der Waals surface area contributed by atoms with Crippen molar-refractivity contribution in [2.45, 2.75) is 20.4 Å². The molecule has 106 valence electrons. The first-order valence-electron chi connectivity index (χ1n) is 6.49. The molecule has 0 spiro atoms. The molecule has 20 heavy (non-hydrogen) atoms. The van der Waals surface area contributed by atoms with Crippen molar-refractivity contribution in [3.8, 4) is 5.75 Å². The molecule has 5 heteroatoms. The zero-order chi connectivity index (χ0) is 14.7. The molecule has 5 nitrogen and oxygen atoms in total. The molecule has 0 saturated heterocycles. The number of aromatic nitrogens is 2. The van der Waals surface area contributed by atoms with Gasteiger partial charge in [-0.2, -0.15) is 5.10 Å². The first kappa shape index (κ1) is 14.3. The summed E-state index contributed by atoms with van der Waals surface area (Å²) in [5, 5.41) is 8.50. The molecular weight excluding hydrogens is 252 g/mol. The number of nitrogens with zero attached hydrogens (tertiary/aromatic N) is 3. The highest BCUT2D eigenvalue weighted by molar-refractivity contribution is 5.68. The van der Waals surface area contributed by atoms with Crippen LogP contribution in [-0.4, -0.2) is 24.4 Å². The van der Waals surface area contributed by atoms with Gasteiger partial charge in [-0.25, -0.2) is 0 Å². The molecule has 2 rings (SSSR count). The summed E-state index contributed by atoms with van der Waals surface area (Å²) in [7, 11) is 3.60. The van der Waals surface area contributed by atoms with E-state index in [1.807, 2.05) is 50.1 Å². The van der Waals surface area contributed by atoms with Crippen LogP contribution in [0.2, 0.25) is 0 Å². The number of aryl methyl sites for hydroxylation is 1. The van der Waals surface area contributed by atoms with E-state index in [4.69, 9.17) is 10.5 Å². The minimum atomic E-state index is 0.428. The van der Waals surface area contributed by atoms with Crippen LogP contribution >= 0.6 is 0 Å². The highest BCUT2D eigenvalue weighted by atomic mass is 16.5. The zero-order valence-electron chi connectivity index (χ0n) is 12.3. The average molecular weight is 272 g/mol. The Labute approximate surface area is 119 Å². The molecule has 0 aliphatic rings. The van der Waals surface area contributed by atoms with E-state index in [-0.39, 0.29) is 0 Å².